The Balaban J connectivity index is 1.68. The standard InChI is InChI=1S/C17H24N2O3S/c20-17(14-6-5-7-14)18-15-8-10-16(11-9-15)23(21,22)19-12-3-1-2-4-13-19/h8-11,14H,1-7,12-13H2,(H,18,20). The van der Waals surface area contributed by atoms with E-state index in [-0.39, 0.29) is 11.8 Å². The van der Waals surface area contributed by atoms with Gasteiger partial charge in [0.2, 0.25) is 15.9 Å². The first-order chi connectivity index (χ1) is 11.1. The molecule has 1 aliphatic heterocycles. The van der Waals surface area contributed by atoms with E-state index in [2.05, 4.69) is 5.32 Å². The van der Waals surface area contributed by atoms with E-state index >= 15 is 0 Å². The molecule has 1 aromatic carbocycles. The highest BCUT2D eigenvalue weighted by atomic mass is 32.2. The van der Waals surface area contributed by atoms with Crippen LogP contribution in [-0.4, -0.2) is 31.7 Å². The molecule has 1 saturated heterocycles. The lowest BCUT2D eigenvalue weighted by Crippen LogP contribution is -2.32. The second-order valence-corrected chi connectivity index (χ2v) is 8.40. The van der Waals surface area contributed by atoms with E-state index in [0.717, 1.165) is 44.9 Å². The maximum Gasteiger partial charge on any atom is 0.243 e. The van der Waals surface area contributed by atoms with Crippen molar-refractivity contribution in [2.24, 2.45) is 5.92 Å². The highest BCUT2D eigenvalue weighted by Gasteiger charge is 2.26. The van der Waals surface area contributed by atoms with Crippen molar-refractivity contribution in [3.05, 3.63) is 24.3 Å². The number of hydrogen-bond donors (Lipinski definition) is 1. The number of amides is 1. The SMILES string of the molecule is O=C(Nc1ccc(S(=O)(=O)N2CCCCCC2)cc1)C1CCC1. The zero-order chi connectivity index (χ0) is 16.3. The van der Waals surface area contributed by atoms with Gasteiger partial charge in [-0.25, -0.2) is 8.42 Å². The monoisotopic (exact) mass is 336 g/mol. The van der Waals surface area contributed by atoms with Crippen molar-refractivity contribution in [3.63, 3.8) is 0 Å². The van der Waals surface area contributed by atoms with Crippen molar-refractivity contribution in [1.82, 2.24) is 4.31 Å². The number of benzene rings is 1. The Morgan fingerprint density at radius 1 is 0.957 bits per heavy atom. The number of nitrogens with zero attached hydrogens (tertiary/aromatic N) is 1. The van der Waals surface area contributed by atoms with Crippen LogP contribution < -0.4 is 5.32 Å². The summed E-state index contributed by atoms with van der Waals surface area (Å²) >= 11 is 0. The first-order valence-corrected chi connectivity index (χ1v) is 9.92. The third-order valence-corrected chi connectivity index (χ3v) is 6.71. The van der Waals surface area contributed by atoms with Gasteiger partial charge in [0.25, 0.3) is 0 Å². The molecule has 5 nitrogen and oxygen atoms in total. The Labute approximate surface area is 138 Å². The van der Waals surface area contributed by atoms with Crippen LogP contribution in [0.4, 0.5) is 5.69 Å². The van der Waals surface area contributed by atoms with E-state index in [9.17, 15) is 13.2 Å². The van der Waals surface area contributed by atoms with Gasteiger partial charge in [-0.05, 0) is 49.9 Å². The molecule has 1 N–H and O–H groups in total. The fourth-order valence-corrected chi connectivity index (χ4v) is 4.57. The molecule has 1 heterocycles. The summed E-state index contributed by atoms with van der Waals surface area (Å²) in [6.45, 7) is 1.20. The summed E-state index contributed by atoms with van der Waals surface area (Å²) in [6, 6.07) is 6.55. The summed E-state index contributed by atoms with van der Waals surface area (Å²) in [6.07, 6.45) is 7.06. The van der Waals surface area contributed by atoms with E-state index in [1.54, 1.807) is 28.6 Å². The third-order valence-electron chi connectivity index (χ3n) is 4.80. The summed E-state index contributed by atoms with van der Waals surface area (Å²) in [4.78, 5) is 12.2. The van der Waals surface area contributed by atoms with Gasteiger partial charge >= 0.3 is 0 Å². The molecule has 1 aromatic rings. The van der Waals surface area contributed by atoms with Gasteiger partial charge in [0.15, 0.2) is 0 Å². The van der Waals surface area contributed by atoms with Gasteiger partial charge in [-0.2, -0.15) is 4.31 Å². The number of carbonyl (C=O) groups is 1. The number of carbonyl (C=O) groups excluding carboxylic acids is 1. The highest BCUT2D eigenvalue weighted by molar-refractivity contribution is 7.89. The van der Waals surface area contributed by atoms with Crippen molar-refractivity contribution in [1.29, 1.82) is 0 Å². The normalized spacial score (nSPS) is 20.5. The van der Waals surface area contributed by atoms with Gasteiger partial charge < -0.3 is 5.32 Å². The van der Waals surface area contributed by atoms with Crippen molar-refractivity contribution in [2.75, 3.05) is 18.4 Å². The molecule has 2 fully saturated rings. The minimum absolute atomic E-state index is 0.0411. The zero-order valence-corrected chi connectivity index (χ0v) is 14.1. The summed E-state index contributed by atoms with van der Waals surface area (Å²) in [5.74, 6) is 0.162. The Bertz CT molecular complexity index is 643. The number of nitrogens with one attached hydrogen (secondary N) is 1. The quantitative estimate of drug-likeness (QED) is 0.919. The summed E-state index contributed by atoms with van der Waals surface area (Å²) in [5, 5.41) is 2.86. The van der Waals surface area contributed by atoms with Gasteiger partial charge in [-0.1, -0.05) is 19.3 Å². The molecular formula is C17H24N2O3S. The lowest BCUT2D eigenvalue weighted by atomic mass is 9.85. The van der Waals surface area contributed by atoms with Gasteiger partial charge in [0.1, 0.15) is 0 Å². The lowest BCUT2D eigenvalue weighted by Gasteiger charge is -2.24. The largest absolute Gasteiger partial charge is 0.326 e. The average Bonchev–Trinajstić information content (AvgIpc) is 2.75. The third kappa shape index (κ3) is 3.75. The van der Waals surface area contributed by atoms with Crippen LogP contribution in [-0.2, 0) is 14.8 Å². The first-order valence-electron chi connectivity index (χ1n) is 8.48. The fraction of sp³-hybridized carbons (Fsp3) is 0.588. The Morgan fingerprint density at radius 3 is 2.09 bits per heavy atom. The Hall–Kier alpha value is -1.40. The van der Waals surface area contributed by atoms with Gasteiger partial charge in [0.05, 0.1) is 4.90 Å². The van der Waals surface area contributed by atoms with E-state index in [1.165, 1.54) is 0 Å². The lowest BCUT2D eigenvalue weighted by molar-refractivity contribution is -0.122. The minimum Gasteiger partial charge on any atom is -0.326 e. The molecule has 0 atom stereocenters. The minimum atomic E-state index is -3.42. The van der Waals surface area contributed by atoms with Crippen molar-refractivity contribution < 1.29 is 13.2 Å². The maximum absolute atomic E-state index is 12.7. The summed E-state index contributed by atoms with van der Waals surface area (Å²) in [5.41, 5.74) is 0.664. The topological polar surface area (TPSA) is 66.5 Å². The number of rotatable bonds is 4. The summed E-state index contributed by atoms with van der Waals surface area (Å²) < 4.78 is 26.9. The van der Waals surface area contributed by atoms with Crippen molar-refractivity contribution in [3.8, 4) is 0 Å². The summed E-state index contributed by atoms with van der Waals surface area (Å²) in [7, 11) is -3.42. The van der Waals surface area contributed by atoms with Crippen LogP contribution in [0.5, 0.6) is 0 Å². The predicted octanol–water partition coefficient (Wildman–Crippen LogP) is 2.99. The predicted molar refractivity (Wildman–Crippen MR) is 89.6 cm³/mol. The fourth-order valence-electron chi connectivity index (χ4n) is 3.06. The smallest absolute Gasteiger partial charge is 0.243 e. The molecule has 126 valence electrons. The Kier molecular flexibility index (Phi) is 5.02. The highest BCUT2D eigenvalue weighted by Crippen LogP contribution is 2.28. The second kappa shape index (κ2) is 7.01. The molecule has 1 aliphatic carbocycles. The molecule has 0 radical (unpaired) electrons. The molecule has 3 rings (SSSR count). The van der Waals surface area contributed by atoms with Crippen LogP contribution >= 0.6 is 0 Å². The van der Waals surface area contributed by atoms with E-state index in [4.69, 9.17) is 0 Å². The maximum atomic E-state index is 12.7. The molecule has 1 saturated carbocycles. The molecule has 0 unspecified atom stereocenters. The van der Waals surface area contributed by atoms with Gasteiger partial charge in [-0.15, -0.1) is 0 Å². The van der Waals surface area contributed by atoms with Gasteiger partial charge in [0, 0.05) is 24.7 Å². The molecule has 2 aliphatic rings. The molecule has 0 aromatic heterocycles. The zero-order valence-electron chi connectivity index (χ0n) is 13.3. The molecular weight excluding hydrogens is 312 g/mol. The van der Waals surface area contributed by atoms with Crippen LogP contribution in [0.15, 0.2) is 29.2 Å². The van der Waals surface area contributed by atoms with Crippen LogP contribution in [0, 0.1) is 5.92 Å². The molecule has 23 heavy (non-hydrogen) atoms. The molecule has 0 spiro atoms. The van der Waals surface area contributed by atoms with Crippen LogP contribution in [0.2, 0.25) is 0 Å². The van der Waals surface area contributed by atoms with E-state index in [0.29, 0.717) is 23.7 Å². The number of hydrogen-bond acceptors (Lipinski definition) is 3. The first kappa shape index (κ1) is 16.5. The van der Waals surface area contributed by atoms with Gasteiger partial charge in [-0.3, -0.25) is 4.79 Å². The molecule has 0 bridgehead atoms. The average molecular weight is 336 g/mol. The van der Waals surface area contributed by atoms with Crippen molar-refractivity contribution in [2.45, 2.75) is 49.8 Å². The van der Waals surface area contributed by atoms with Crippen LogP contribution in [0.1, 0.15) is 44.9 Å². The molecule has 6 heteroatoms. The second-order valence-electron chi connectivity index (χ2n) is 6.46. The van der Waals surface area contributed by atoms with Crippen LogP contribution in [0.3, 0.4) is 0 Å². The van der Waals surface area contributed by atoms with E-state index < -0.39 is 10.0 Å². The number of sulfonamides is 1. The number of anilines is 1. The Morgan fingerprint density at radius 2 is 1.57 bits per heavy atom. The van der Waals surface area contributed by atoms with E-state index in [1.807, 2.05) is 0 Å². The van der Waals surface area contributed by atoms with Crippen molar-refractivity contribution >= 4 is 21.6 Å². The van der Waals surface area contributed by atoms with Crippen LogP contribution in [0.25, 0.3) is 0 Å². The molecule has 1 amide bonds.